The van der Waals surface area contributed by atoms with Gasteiger partial charge >= 0.3 is 0 Å². The van der Waals surface area contributed by atoms with E-state index < -0.39 is 0 Å². The number of carbonyl (C=O) groups is 1. The number of nitrogens with one attached hydrogen (secondary N) is 2. The maximum Gasteiger partial charge on any atom is 0.229 e. The van der Waals surface area contributed by atoms with E-state index >= 15 is 0 Å². The average molecular weight is 322 g/mol. The number of aromatic nitrogens is 2. The minimum atomic E-state index is -0.375. The van der Waals surface area contributed by atoms with Gasteiger partial charge in [0.1, 0.15) is 5.82 Å². The van der Waals surface area contributed by atoms with Crippen LogP contribution in [0.2, 0.25) is 0 Å². The Labute approximate surface area is 138 Å². The second-order valence-electron chi connectivity index (χ2n) is 5.12. The molecule has 2 aromatic carbocycles. The predicted molar refractivity (Wildman–Crippen MR) is 90.5 cm³/mol. The second-order valence-corrected chi connectivity index (χ2v) is 5.12. The molecule has 0 atom stereocenters. The fourth-order valence-corrected chi connectivity index (χ4v) is 2.13. The number of para-hydroxylation sites is 1. The van der Waals surface area contributed by atoms with Gasteiger partial charge in [-0.2, -0.15) is 0 Å². The molecule has 2 N–H and O–H groups in total. The van der Waals surface area contributed by atoms with Crippen molar-refractivity contribution in [1.29, 1.82) is 0 Å². The zero-order chi connectivity index (χ0) is 16.8. The molecule has 0 saturated heterocycles. The van der Waals surface area contributed by atoms with Gasteiger partial charge in [0.05, 0.1) is 12.1 Å². The fraction of sp³-hybridized carbons (Fsp3) is 0.0556. The highest BCUT2D eigenvalue weighted by Gasteiger charge is 2.06. The number of hydrogen-bond donors (Lipinski definition) is 2. The molecule has 0 aliphatic heterocycles. The molecule has 120 valence electrons. The van der Waals surface area contributed by atoms with Crippen molar-refractivity contribution < 1.29 is 9.18 Å². The van der Waals surface area contributed by atoms with E-state index in [1.54, 1.807) is 30.3 Å². The first-order chi connectivity index (χ1) is 11.7. The first-order valence-corrected chi connectivity index (χ1v) is 7.40. The third-order valence-corrected chi connectivity index (χ3v) is 3.28. The van der Waals surface area contributed by atoms with Crippen LogP contribution in [0.1, 0.15) is 5.56 Å². The maximum absolute atomic E-state index is 13.6. The predicted octanol–water partition coefficient (Wildman–Crippen LogP) is 3.54. The van der Waals surface area contributed by atoms with Crippen molar-refractivity contribution in [2.45, 2.75) is 6.42 Å². The van der Waals surface area contributed by atoms with Crippen LogP contribution in [-0.4, -0.2) is 16.1 Å². The molecule has 0 radical (unpaired) electrons. The minimum absolute atomic E-state index is 0.176. The highest BCUT2D eigenvalue weighted by Crippen LogP contribution is 2.18. The van der Waals surface area contributed by atoms with Gasteiger partial charge in [-0.1, -0.05) is 42.5 Å². The van der Waals surface area contributed by atoms with E-state index in [4.69, 9.17) is 0 Å². The molecule has 0 bridgehead atoms. The van der Waals surface area contributed by atoms with Crippen LogP contribution >= 0.6 is 0 Å². The lowest BCUT2D eigenvalue weighted by Crippen LogP contribution is -2.15. The molecule has 0 fully saturated rings. The van der Waals surface area contributed by atoms with Crippen molar-refractivity contribution in [2.24, 2.45) is 0 Å². The van der Waals surface area contributed by atoms with Crippen molar-refractivity contribution in [1.82, 2.24) is 10.2 Å². The van der Waals surface area contributed by atoms with Crippen LogP contribution < -0.4 is 10.6 Å². The summed E-state index contributed by atoms with van der Waals surface area (Å²) in [5.41, 5.74) is 1.23. The second kappa shape index (κ2) is 7.32. The number of hydrogen-bond acceptors (Lipinski definition) is 4. The Morgan fingerprint density at radius 1 is 0.875 bits per heavy atom. The van der Waals surface area contributed by atoms with Crippen molar-refractivity contribution in [3.8, 4) is 0 Å². The Morgan fingerprint density at radius 2 is 1.54 bits per heavy atom. The molecular weight excluding hydrogens is 307 g/mol. The number of anilines is 3. The number of carbonyl (C=O) groups excluding carboxylic acids is 1. The number of amides is 1. The molecule has 0 saturated carbocycles. The van der Waals surface area contributed by atoms with Crippen LogP contribution in [0.15, 0.2) is 66.7 Å². The fourth-order valence-electron chi connectivity index (χ4n) is 2.13. The summed E-state index contributed by atoms with van der Waals surface area (Å²) in [7, 11) is 0. The third kappa shape index (κ3) is 4.13. The Balaban J connectivity index is 1.60. The quantitative estimate of drug-likeness (QED) is 0.754. The number of nitrogens with zero attached hydrogens (tertiary/aromatic N) is 2. The molecule has 1 heterocycles. The molecule has 3 rings (SSSR count). The van der Waals surface area contributed by atoms with E-state index in [0.29, 0.717) is 17.3 Å². The summed E-state index contributed by atoms with van der Waals surface area (Å²) in [6, 6.07) is 18.9. The summed E-state index contributed by atoms with van der Waals surface area (Å²) in [6.07, 6.45) is 0.262. The number of benzene rings is 2. The summed E-state index contributed by atoms with van der Waals surface area (Å²) in [6.45, 7) is 0. The Kier molecular flexibility index (Phi) is 4.76. The van der Waals surface area contributed by atoms with Crippen LogP contribution in [0.3, 0.4) is 0 Å². The standard InChI is InChI=1S/C18H15FN4O/c19-14-8-4-5-9-15(14)20-16-10-11-17(23-22-16)21-18(24)12-13-6-2-1-3-7-13/h1-11H,12H2,(H,20,22)(H,21,23,24). The van der Waals surface area contributed by atoms with Gasteiger partial charge in [0.15, 0.2) is 11.6 Å². The summed E-state index contributed by atoms with van der Waals surface area (Å²) < 4.78 is 13.6. The molecule has 1 amide bonds. The van der Waals surface area contributed by atoms with Crippen LogP contribution in [0.4, 0.5) is 21.7 Å². The minimum Gasteiger partial charge on any atom is -0.336 e. The summed E-state index contributed by atoms with van der Waals surface area (Å²) in [5, 5.41) is 13.4. The molecule has 0 aliphatic rings. The van der Waals surface area contributed by atoms with Crippen LogP contribution in [0.25, 0.3) is 0 Å². The van der Waals surface area contributed by atoms with E-state index in [9.17, 15) is 9.18 Å². The molecular formula is C18H15FN4O. The van der Waals surface area contributed by atoms with Crippen LogP contribution in [0.5, 0.6) is 0 Å². The third-order valence-electron chi connectivity index (χ3n) is 3.28. The van der Waals surface area contributed by atoms with Crippen molar-refractivity contribution in [3.63, 3.8) is 0 Å². The van der Waals surface area contributed by atoms with Crippen molar-refractivity contribution in [3.05, 3.63) is 78.1 Å². The van der Waals surface area contributed by atoms with E-state index in [1.165, 1.54) is 6.07 Å². The maximum atomic E-state index is 13.6. The topological polar surface area (TPSA) is 66.9 Å². The molecule has 3 aromatic rings. The summed E-state index contributed by atoms with van der Waals surface area (Å²) in [4.78, 5) is 12.0. The largest absolute Gasteiger partial charge is 0.336 e. The van der Waals surface area contributed by atoms with Crippen LogP contribution in [-0.2, 0) is 11.2 Å². The van der Waals surface area contributed by atoms with Gasteiger partial charge in [-0.15, -0.1) is 10.2 Å². The van der Waals surface area contributed by atoms with Gasteiger partial charge in [-0.25, -0.2) is 4.39 Å². The lowest BCUT2D eigenvalue weighted by atomic mass is 10.1. The lowest BCUT2D eigenvalue weighted by Gasteiger charge is -2.07. The Bertz CT molecular complexity index is 822. The SMILES string of the molecule is O=C(Cc1ccccc1)Nc1ccc(Nc2ccccc2F)nn1. The summed E-state index contributed by atoms with van der Waals surface area (Å²) >= 11 is 0. The molecule has 1 aromatic heterocycles. The van der Waals surface area contributed by atoms with Gasteiger partial charge < -0.3 is 10.6 Å². The Morgan fingerprint density at radius 3 is 2.25 bits per heavy atom. The monoisotopic (exact) mass is 322 g/mol. The first-order valence-electron chi connectivity index (χ1n) is 7.40. The van der Waals surface area contributed by atoms with E-state index in [-0.39, 0.29) is 18.1 Å². The molecule has 24 heavy (non-hydrogen) atoms. The van der Waals surface area contributed by atoms with Crippen LogP contribution in [0, 0.1) is 5.82 Å². The van der Waals surface area contributed by atoms with E-state index in [2.05, 4.69) is 20.8 Å². The first kappa shape index (κ1) is 15.6. The lowest BCUT2D eigenvalue weighted by molar-refractivity contribution is -0.115. The van der Waals surface area contributed by atoms with Gasteiger partial charge in [0.2, 0.25) is 5.91 Å². The van der Waals surface area contributed by atoms with Gasteiger partial charge in [0.25, 0.3) is 0 Å². The zero-order valence-electron chi connectivity index (χ0n) is 12.7. The van der Waals surface area contributed by atoms with Gasteiger partial charge in [-0.3, -0.25) is 4.79 Å². The van der Waals surface area contributed by atoms with E-state index in [1.807, 2.05) is 30.3 Å². The molecule has 6 heteroatoms. The molecule has 5 nitrogen and oxygen atoms in total. The molecule has 0 unspecified atom stereocenters. The highest BCUT2D eigenvalue weighted by molar-refractivity contribution is 5.91. The van der Waals surface area contributed by atoms with E-state index in [0.717, 1.165) is 5.56 Å². The normalized spacial score (nSPS) is 10.2. The van der Waals surface area contributed by atoms with Gasteiger partial charge in [-0.05, 0) is 29.8 Å². The smallest absolute Gasteiger partial charge is 0.229 e. The number of halogens is 1. The van der Waals surface area contributed by atoms with Crippen molar-refractivity contribution >= 4 is 23.2 Å². The van der Waals surface area contributed by atoms with Crippen molar-refractivity contribution in [2.75, 3.05) is 10.6 Å². The average Bonchev–Trinajstić information content (AvgIpc) is 2.59. The summed E-state index contributed by atoms with van der Waals surface area (Å²) in [5.74, 6) is 0.182. The van der Waals surface area contributed by atoms with Gasteiger partial charge in [0, 0.05) is 0 Å². The zero-order valence-corrected chi connectivity index (χ0v) is 12.7. The number of rotatable bonds is 5. The highest BCUT2D eigenvalue weighted by atomic mass is 19.1. The Hall–Kier alpha value is -3.28. The molecule has 0 aliphatic carbocycles. The molecule has 0 spiro atoms.